The molecule has 0 bridgehead atoms. The molecule has 0 spiro atoms. The van der Waals surface area contributed by atoms with E-state index in [1.807, 2.05) is 41.0 Å². The zero-order valence-electron chi connectivity index (χ0n) is 14.7. The number of nitrogens with zero attached hydrogens (tertiary/aromatic N) is 5. The number of aromatic nitrogens is 5. The third-order valence-electron chi connectivity index (χ3n) is 3.82. The summed E-state index contributed by atoms with van der Waals surface area (Å²) in [6, 6.07) is 13.0. The lowest BCUT2D eigenvalue weighted by atomic mass is 10.2. The molecule has 0 fully saturated rings. The first kappa shape index (κ1) is 18.3. The van der Waals surface area contributed by atoms with E-state index < -0.39 is 0 Å². The Bertz CT molecular complexity index is 1080. The zero-order chi connectivity index (χ0) is 19.5. The molecule has 3 heterocycles. The molecule has 0 radical (unpaired) electrons. The van der Waals surface area contributed by atoms with E-state index >= 15 is 0 Å². The smallest absolute Gasteiger partial charge is 0.222 e. The second-order valence-corrected chi connectivity index (χ2v) is 7.07. The molecule has 0 aliphatic rings. The Kier molecular flexibility index (Phi) is 5.18. The molecule has 0 saturated heterocycles. The third-order valence-corrected chi connectivity index (χ3v) is 4.92. The van der Waals surface area contributed by atoms with Gasteiger partial charge in [0, 0.05) is 11.6 Å². The number of rotatable bonds is 6. The van der Waals surface area contributed by atoms with Crippen molar-refractivity contribution in [3.05, 3.63) is 59.6 Å². The first-order valence-corrected chi connectivity index (χ1v) is 9.40. The normalized spacial score (nSPS) is 10.9. The van der Waals surface area contributed by atoms with Crippen molar-refractivity contribution in [2.45, 2.75) is 16.7 Å². The molecule has 142 valence electrons. The quantitative estimate of drug-likeness (QED) is 0.475. The summed E-state index contributed by atoms with van der Waals surface area (Å²) in [6.07, 6.45) is 1.63. The lowest BCUT2D eigenvalue weighted by molar-refractivity contribution is 0.415. The Morgan fingerprint density at radius 3 is 2.82 bits per heavy atom. The SMILES string of the molecule is COc1cccc(-c2nnc(Sc3cc(Cl)nc(N)n3)n2Cc2ccco2)c1. The number of nitrogens with two attached hydrogens (primary N) is 1. The van der Waals surface area contributed by atoms with Gasteiger partial charge in [0.2, 0.25) is 5.95 Å². The average molecular weight is 415 g/mol. The Labute approximate surface area is 169 Å². The van der Waals surface area contributed by atoms with Crippen molar-refractivity contribution in [3.63, 3.8) is 0 Å². The fraction of sp³-hybridized carbons (Fsp3) is 0.111. The van der Waals surface area contributed by atoms with Crippen LogP contribution in [0.3, 0.4) is 0 Å². The van der Waals surface area contributed by atoms with Gasteiger partial charge in [0.15, 0.2) is 11.0 Å². The summed E-state index contributed by atoms with van der Waals surface area (Å²) in [4.78, 5) is 8.08. The molecular formula is C18H15ClN6O2S. The van der Waals surface area contributed by atoms with E-state index in [0.717, 1.165) is 17.1 Å². The highest BCUT2D eigenvalue weighted by Gasteiger charge is 2.18. The lowest BCUT2D eigenvalue weighted by Gasteiger charge is -2.09. The van der Waals surface area contributed by atoms with Gasteiger partial charge in [-0.1, -0.05) is 23.7 Å². The summed E-state index contributed by atoms with van der Waals surface area (Å²) in [7, 11) is 1.62. The van der Waals surface area contributed by atoms with Gasteiger partial charge in [0.05, 0.1) is 19.9 Å². The monoisotopic (exact) mass is 414 g/mol. The van der Waals surface area contributed by atoms with Crippen molar-refractivity contribution in [1.29, 1.82) is 0 Å². The summed E-state index contributed by atoms with van der Waals surface area (Å²) >= 11 is 7.28. The number of hydrogen-bond acceptors (Lipinski definition) is 8. The minimum absolute atomic E-state index is 0.0973. The van der Waals surface area contributed by atoms with E-state index in [1.165, 1.54) is 11.8 Å². The van der Waals surface area contributed by atoms with Crippen molar-refractivity contribution in [1.82, 2.24) is 24.7 Å². The fourth-order valence-corrected chi connectivity index (χ4v) is 3.69. The summed E-state index contributed by atoms with van der Waals surface area (Å²) in [5.74, 6) is 2.27. The maximum absolute atomic E-state index is 5.99. The number of furan rings is 1. The largest absolute Gasteiger partial charge is 0.497 e. The van der Waals surface area contributed by atoms with Crippen LogP contribution < -0.4 is 10.5 Å². The fourth-order valence-electron chi connectivity index (χ4n) is 2.60. The molecule has 0 aliphatic carbocycles. The van der Waals surface area contributed by atoms with Crippen LogP contribution in [0.2, 0.25) is 5.15 Å². The Hall–Kier alpha value is -3.04. The van der Waals surface area contributed by atoms with Crippen LogP contribution in [-0.4, -0.2) is 31.8 Å². The Morgan fingerprint density at radius 1 is 1.18 bits per heavy atom. The van der Waals surface area contributed by atoms with Crippen LogP contribution in [0.4, 0.5) is 5.95 Å². The number of anilines is 1. The number of hydrogen-bond donors (Lipinski definition) is 1. The van der Waals surface area contributed by atoms with Gasteiger partial charge in [-0.05, 0) is 36.0 Å². The highest BCUT2D eigenvalue weighted by molar-refractivity contribution is 7.99. The summed E-state index contributed by atoms with van der Waals surface area (Å²) in [5.41, 5.74) is 6.56. The number of benzene rings is 1. The Balaban J connectivity index is 1.76. The predicted octanol–water partition coefficient (Wildman–Crippen LogP) is 3.77. The number of nitrogen functional groups attached to an aromatic ring is 1. The van der Waals surface area contributed by atoms with E-state index in [1.54, 1.807) is 19.4 Å². The molecule has 0 aliphatic heterocycles. The number of halogens is 1. The van der Waals surface area contributed by atoms with Crippen molar-refractivity contribution in [2.75, 3.05) is 12.8 Å². The van der Waals surface area contributed by atoms with Crippen molar-refractivity contribution in [2.24, 2.45) is 0 Å². The minimum Gasteiger partial charge on any atom is -0.497 e. The van der Waals surface area contributed by atoms with Crippen LogP contribution in [0, 0.1) is 0 Å². The van der Waals surface area contributed by atoms with E-state index in [-0.39, 0.29) is 11.1 Å². The van der Waals surface area contributed by atoms with Crippen LogP contribution in [0.1, 0.15) is 5.76 Å². The maximum atomic E-state index is 5.99. The molecule has 0 unspecified atom stereocenters. The van der Waals surface area contributed by atoms with Gasteiger partial charge in [-0.3, -0.25) is 4.57 Å². The second-order valence-electron chi connectivity index (χ2n) is 5.69. The summed E-state index contributed by atoms with van der Waals surface area (Å²) in [6.45, 7) is 0.448. The van der Waals surface area contributed by atoms with Crippen LogP contribution in [0.15, 0.2) is 63.3 Å². The van der Waals surface area contributed by atoms with Gasteiger partial charge in [-0.15, -0.1) is 10.2 Å². The third kappa shape index (κ3) is 3.95. The van der Waals surface area contributed by atoms with E-state index in [9.17, 15) is 0 Å². The lowest BCUT2D eigenvalue weighted by Crippen LogP contribution is -2.04. The first-order valence-electron chi connectivity index (χ1n) is 8.20. The van der Waals surface area contributed by atoms with Crippen LogP contribution in [0.25, 0.3) is 11.4 Å². The molecule has 2 N–H and O–H groups in total. The molecule has 28 heavy (non-hydrogen) atoms. The van der Waals surface area contributed by atoms with Crippen LogP contribution in [-0.2, 0) is 6.54 Å². The summed E-state index contributed by atoms with van der Waals surface area (Å²) < 4.78 is 12.8. The molecule has 0 atom stereocenters. The van der Waals surface area contributed by atoms with Gasteiger partial charge < -0.3 is 14.9 Å². The molecule has 0 saturated carbocycles. The van der Waals surface area contributed by atoms with Gasteiger partial charge in [-0.25, -0.2) is 9.97 Å². The number of ether oxygens (including phenoxy) is 1. The molecule has 4 aromatic rings. The van der Waals surface area contributed by atoms with Gasteiger partial charge in [0.25, 0.3) is 0 Å². The van der Waals surface area contributed by atoms with E-state index in [2.05, 4.69) is 20.2 Å². The minimum atomic E-state index is 0.0973. The highest BCUT2D eigenvalue weighted by Crippen LogP contribution is 2.31. The van der Waals surface area contributed by atoms with Crippen molar-refractivity contribution < 1.29 is 9.15 Å². The second kappa shape index (κ2) is 7.91. The highest BCUT2D eigenvalue weighted by atomic mass is 35.5. The summed E-state index contributed by atoms with van der Waals surface area (Å²) in [5, 5.41) is 10.2. The van der Waals surface area contributed by atoms with Crippen LogP contribution in [0.5, 0.6) is 5.75 Å². The van der Waals surface area contributed by atoms with Crippen molar-refractivity contribution in [3.8, 4) is 17.1 Å². The van der Waals surface area contributed by atoms with Gasteiger partial charge in [0.1, 0.15) is 21.7 Å². The Morgan fingerprint density at radius 2 is 2.07 bits per heavy atom. The first-order chi connectivity index (χ1) is 13.6. The topological polar surface area (TPSA) is 105 Å². The predicted molar refractivity (Wildman–Crippen MR) is 105 cm³/mol. The van der Waals surface area contributed by atoms with Crippen molar-refractivity contribution >= 4 is 29.3 Å². The van der Waals surface area contributed by atoms with Gasteiger partial charge in [-0.2, -0.15) is 0 Å². The molecule has 3 aromatic heterocycles. The molecule has 4 rings (SSSR count). The molecule has 0 amide bonds. The molecule has 10 heteroatoms. The zero-order valence-corrected chi connectivity index (χ0v) is 16.3. The van der Waals surface area contributed by atoms with Crippen LogP contribution >= 0.6 is 23.4 Å². The molecule has 8 nitrogen and oxygen atoms in total. The molecule has 1 aromatic carbocycles. The molecular weight excluding hydrogens is 400 g/mol. The van der Waals surface area contributed by atoms with E-state index in [0.29, 0.717) is 22.6 Å². The average Bonchev–Trinajstić information content (AvgIpc) is 3.32. The number of methoxy groups -OCH3 is 1. The van der Waals surface area contributed by atoms with E-state index in [4.69, 9.17) is 26.5 Å². The maximum Gasteiger partial charge on any atom is 0.222 e. The van der Waals surface area contributed by atoms with Gasteiger partial charge >= 0.3 is 0 Å². The standard InChI is InChI=1S/C18H15ClN6O2S/c1-26-12-5-2-4-11(8-12)16-23-24-18(25(16)10-13-6-3-7-27-13)28-15-9-14(19)21-17(20)22-15/h2-9H,10H2,1H3,(H2,20,21,22).